The van der Waals surface area contributed by atoms with E-state index < -0.39 is 0 Å². The largest absolute Gasteiger partial charge is 0.360 e. The zero-order chi connectivity index (χ0) is 21.2. The van der Waals surface area contributed by atoms with Crippen molar-refractivity contribution in [3.05, 3.63) is 0 Å². The Balaban J connectivity index is 0.000000607. The molecule has 1 saturated heterocycles. The average Bonchev–Trinajstić information content (AvgIpc) is 3.27. The van der Waals surface area contributed by atoms with Crippen molar-refractivity contribution >= 4 is 0 Å². The first kappa shape index (κ1) is 26.2. The van der Waals surface area contributed by atoms with Crippen molar-refractivity contribution in [2.45, 2.75) is 132 Å². The van der Waals surface area contributed by atoms with Gasteiger partial charge in [-0.15, -0.1) is 0 Å². The van der Waals surface area contributed by atoms with Crippen LogP contribution in [0.1, 0.15) is 120 Å². The van der Waals surface area contributed by atoms with Gasteiger partial charge in [0.25, 0.3) is 0 Å². The standard InChI is InChI=1S/C23H39NO.2C2H6.CH4/c1-4-24-21-14-19-20(25-21)13-18-16-9-8-15-7-5-6-11-22(15,2)17(16)10-12-23(18,19)3;2*1-2;/h15-21,24H,4-14H2,1-3H3;2*1-2H3;1H4. The second kappa shape index (κ2) is 10.7. The molecule has 0 bridgehead atoms. The lowest BCUT2D eigenvalue weighted by molar-refractivity contribution is -0.112. The van der Waals surface area contributed by atoms with Crippen molar-refractivity contribution in [1.82, 2.24) is 5.32 Å². The van der Waals surface area contributed by atoms with E-state index in [4.69, 9.17) is 4.74 Å². The van der Waals surface area contributed by atoms with Gasteiger partial charge in [-0.2, -0.15) is 0 Å². The fraction of sp³-hybridized carbons (Fsp3) is 1.00. The molecule has 0 spiro atoms. The Kier molecular flexibility index (Phi) is 9.33. The molecule has 5 rings (SSSR count). The molecule has 9 atom stereocenters. The first-order chi connectivity index (χ1) is 14.1. The number of nitrogens with one attached hydrogen (secondary N) is 1. The minimum Gasteiger partial charge on any atom is -0.360 e. The number of hydrogen-bond donors (Lipinski definition) is 1. The van der Waals surface area contributed by atoms with Crippen LogP contribution < -0.4 is 5.32 Å². The van der Waals surface area contributed by atoms with Gasteiger partial charge in [-0.05, 0) is 98.3 Å². The van der Waals surface area contributed by atoms with Gasteiger partial charge in [0, 0.05) is 0 Å². The molecule has 1 N–H and O–H groups in total. The molecule has 0 aromatic rings. The lowest BCUT2D eigenvalue weighted by Crippen LogP contribution is -2.52. The van der Waals surface area contributed by atoms with Crippen LogP contribution in [0.4, 0.5) is 0 Å². The number of rotatable bonds is 2. The van der Waals surface area contributed by atoms with Crippen molar-refractivity contribution in [3.8, 4) is 0 Å². The summed E-state index contributed by atoms with van der Waals surface area (Å²) in [6, 6.07) is 0. The highest BCUT2D eigenvalue weighted by Crippen LogP contribution is 2.69. The molecule has 0 aromatic carbocycles. The van der Waals surface area contributed by atoms with Crippen molar-refractivity contribution in [1.29, 1.82) is 0 Å². The molecule has 5 fully saturated rings. The molecule has 30 heavy (non-hydrogen) atoms. The maximum absolute atomic E-state index is 6.48. The Bertz CT molecular complexity index is 521. The van der Waals surface area contributed by atoms with Gasteiger partial charge in [-0.1, -0.05) is 68.7 Å². The number of ether oxygens (including phenoxy) is 1. The second-order valence-corrected chi connectivity index (χ2v) is 10.7. The van der Waals surface area contributed by atoms with Gasteiger partial charge in [0.05, 0.1) is 6.10 Å². The molecule has 2 heteroatoms. The minimum absolute atomic E-state index is 0. The van der Waals surface area contributed by atoms with E-state index in [1.807, 2.05) is 27.7 Å². The van der Waals surface area contributed by atoms with E-state index >= 15 is 0 Å². The fourth-order valence-electron chi connectivity index (χ4n) is 8.81. The van der Waals surface area contributed by atoms with Gasteiger partial charge in [0.1, 0.15) is 6.23 Å². The van der Waals surface area contributed by atoms with Crippen LogP contribution in [-0.4, -0.2) is 18.9 Å². The molecule has 178 valence electrons. The van der Waals surface area contributed by atoms with Crippen molar-refractivity contribution in [2.75, 3.05) is 6.54 Å². The molecule has 2 nitrogen and oxygen atoms in total. The first-order valence-electron chi connectivity index (χ1n) is 13.4. The summed E-state index contributed by atoms with van der Waals surface area (Å²) in [4.78, 5) is 0. The van der Waals surface area contributed by atoms with Gasteiger partial charge >= 0.3 is 0 Å². The predicted molar refractivity (Wildman–Crippen MR) is 132 cm³/mol. The molecule has 1 aliphatic heterocycles. The highest BCUT2D eigenvalue weighted by atomic mass is 16.5. The molecular formula is C28H55NO. The summed E-state index contributed by atoms with van der Waals surface area (Å²) in [5.74, 6) is 4.84. The Morgan fingerprint density at radius 3 is 2.23 bits per heavy atom. The first-order valence-corrected chi connectivity index (χ1v) is 13.4. The third kappa shape index (κ3) is 4.14. The molecular weight excluding hydrogens is 366 g/mol. The third-order valence-corrected chi connectivity index (χ3v) is 10.0. The van der Waals surface area contributed by atoms with Gasteiger partial charge < -0.3 is 4.74 Å². The summed E-state index contributed by atoms with van der Waals surface area (Å²) in [6.45, 7) is 16.6. The molecule has 4 aliphatic carbocycles. The Hall–Kier alpha value is -0.0800. The van der Waals surface area contributed by atoms with Crippen molar-refractivity contribution in [3.63, 3.8) is 0 Å². The van der Waals surface area contributed by atoms with Crippen LogP contribution in [0.25, 0.3) is 0 Å². The summed E-state index contributed by atoms with van der Waals surface area (Å²) in [5, 5.41) is 3.56. The maximum atomic E-state index is 6.48. The Morgan fingerprint density at radius 1 is 0.800 bits per heavy atom. The zero-order valence-corrected chi connectivity index (χ0v) is 20.7. The van der Waals surface area contributed by atoms with Gasteiger partial charge in [0.15, 0.2) is 0 Å². The molecule has 0 amide bonds. The van der Waals surface area contributed by atoms with E-state index in [2.05, 4.69) is 26.1 Å². The van der Waals surface area contributed by atoms with Crippen LogP contribution in [0, 0.1) is 40.4 Å². The van der Waals surface area contributed by atoms with Crippen molar-refractivity contribution < 1.29 is 4.74 Å². The minimum atomic E-state index is 0. The van der Waals surface area contributed by atoms with Gasteiger partial charge in [0.2, 0.25) is 0 Å². The smallest absolute Gasteiger partial charge is 0.108 e. The van der Waals surface area contributed by atoms with Crippen LogP contribution in [0.3, 0.4) is 0 Å². The number of fused-ring (bicyclic) bond motifs is 7. The lowest BCUT2D eigenvalue weighted by atomic mass is 9.45. The average molecular weight is 422 g/mol. The van der Waals surface area contributed by atoms with E-state index in [9.17, 15) is 0 Å². The molecule has 5 aliphatic rings. The lowest BCUT2D eigenvalue weighted by Gasteiger charge is -2.60. The highest BCUT2D eigenvalue weighted by Gasteiger charge is 2.63. The molecule has 0 radical (unpaired) electrons. The Labute approximate surface area is 189 Å². The molecule has 1 heterocycles. The zero-order valence-electron chi connectivity index (χ0n) is 20.7. The van der Waals surface area contributed by atoms with Gasteiger partial charge in [-0.3, -0.25) is 5.32 Å². The quantitative estimate of drug-likeness (QED) is 0.487. The molecule has 4 saturated carbocycles. The fourth-order valence-corrected chi connectivity index (χ4v) is 8.81. The van der Waals surface area contributed by atoms with E-state index in [1.165, 1.54) is 64.2 Å². The van der Waals surface area contributed by atoms with Crippen molar-refractivity contribution in [2.24, 2.45) is 40.4 Å². The SMILES string of the molecule is C.CC.CC.CCNC1CC2C(CC3C4CCC5CCCCC5(C)C4CCC23C)O1. The molecule has 0 aromatic heterocycles. The van der Waals surface area contributed by atoms with E-state index in [-0.39, 0.29) is 7.43 Å². The molecule has 9 unspecified atom stereocenters. The maximum Gasteiger partial charge on any atom is 0.108 e. The number of hydrogen-bond acceptors (Lipinski definition) is 2. The van der Waals surface area contributed by atoms with Crippen LogP contribution in [0.5, 0.6) is 0 Å². The van der Waals surface area contributed by atoms with Crippen LogP contribution in [0.15, 0.2) is 0 Å². The summed E-state index contributed by atoms with van der Waals surface area (Å²) >= 11 is 0. The van der Waals surface area contributed by atoms with Gasteiger partial charge in [-0.25, -0.2) is 0 Å². The summed E-state index contributed by atoms with van der Waals surface area (Å²) in [7, 11) is 0. The third-order valence-electron chi connectivity index (χ3n) is 10.0. The van der Waals surface area contributed by atoms with Crippen LogP contribution >= 0.6 is 0 Å². The van der Waals surface area contributed by atoms with E-state index in [0.717, 1.165) is 36.1 Å². The topological polar surface area (TPSA) is 21.3 Å². The van der Waals surface area contributed by atoms with E-state index in [0.29, 0.717) is 23.2 Å². The highest BCUT2D eigenvalue weighted by molar-refractivity contribution is 5.12. The van der Waals surface area contributed by atoms with Crippen LogP contribution in [0.2, 0.25) is 0 Å². The normalized spacial score (nSPS) is 48.3. The van der Waals surface area contributed by atoms with E-state index in [1.54, 1.807) is 0 Å². The summed E-state index contributed by atoms with van der Waals surface area (Å²) in [6.07, 6.45) is 15.6. The van der Waals surface area contributed by atoms with Crippen LogP contribution in [-0.2, 0) is 4.74 Å². The summed E-state index contributed by atoms with van der Waals surface area (Å²) in [5.41, 5.74) is 1.24. The second-order valence-electron chi connectivity index (χ2n) is 10.7. The predicted octanol–water partition coefficient (Wildman–Crippen LogP) is 8.06. The summed E-state index contributed by atoms with van der Waals surface area (Å²) < 4.78 is 6.48. The Morgan fingerprint density at radius 2 is 1.53 bits per heavy atom. The monoisotopic (exact) mass is 421 g/mol.